The highest BCUT2D eigenvalue weighted by atomic mass is 19.1. The second-order valence-electron chi connectivity index (χ2n) is 10.5. The number of halogens is 2. The van der Waals surface area contributed by atoms with Crippen LogP contribution < -0.4 is 0 Å². The number of carbonyl (C=O) groups excluding carboxylic acids is 1. The number of hydroxylamine groups is 2. The van der Waals surface area contributed by atoms with Crippen LogP contribution in [0.3, 0.4) is 0 Å². The monoisotopic (exact) mass is 479 g/mol. The first kappa shape index (κ1) is 25.0. The number of benzene rings is 2. The van der Waals surface area contributed by atoms with Crippen LogP contribution in [0.15, 0.2) is 72.9 Å². The number of esters is 1. The highest BCUT2D eigenvalue weighted by Crippen LogP contribution is 2.38. The molecule has 0 radical (unpaired) electrons. The van der Waals surface area contributed by atoms with Crippen LogP contribution >= 0.6 is 0 Å². The van der Waals surface area contributed by atoms with Crippen LogP contribution in [0.2, 0.25) is 0 Å². The number of hydrogen-bond donors (Lipinski definition) is 1. The normalized spacial score (nSPS) is 20.1. The lowest BCUT2D eigenvalue weighted by Gasteiger charge is -2.50. The second-order valence-corrected chi connectivity index (χ2v) is 10.5. The van der Waals surface area contributed by atoms with Crippen LogP contribution in [0.25, 0.3) is 11.1 Å². The number of hydrogen-bond acceptors (Lipinski definition) is 4. The number of allylic oxidation sites excluding steroid dienone is 6. The maximum atomic E-state index is 15.0. The first-order valence-corrected chi connectivity index (χ1v) is 11.8. The van der Waals surface area contributed by atoms with Gasteiger partial charge in [0.2, 0.25) is 0 Å². The van der Waals surface area contributed by atoms with E-state index in [0.717, 1.165) is 11.6 Å². The molecule has 6 heteroatoms. The summed E-state index contributed by atoms with van der Waals surface area (Å²) in [6, 6.07) is 8.92. The van der Waals surface area contributed by atoms with E-state index in [1.165, 1.54) is 23.3 Å². The third-order valence-electron chi connectivity index (χ3n) is 6.72. The number of nitrogens with zero attached hydrogens (tertiary/aromatic N) is 1. The van der Waals surface area contributed by atoms with Gasteiger partial charge in [0.25, 0.3) is 0 Å². The first-order chi connectivity index (χ1) is 16.5. The predicted octanol–water partition coefficient (Wildman–Crippen LogP) is 6.97. The summed E-state index contributed by atoms with van der Waals surface area (Å²) < 4.78 is 35.6. The summed E-state index contributed by atoms with van der Waals surface area (Å²) >= 11 is 0. The molecule has 1 fully saturated rings. The maximum Gasteiger partial charge on any atom is 0.341 e. The van der Waals surface area contributed by atoms with E-state index >= 15 is 0 Å². The van der Waals surface area contributed by atoms with E-state index in [4.69, 9.17) is 4.74 Å². The maximum absolute atomic E-state index is 15.0. The van der Waals surface area contributed by atoms with Crippen LogP contribution in [0.5, 0.6) is 0 Å². The summed E-state index contributed by atoms with van der Waals surface area (Å²) in [5.74, 6) is -2.05. The van der Waals surface area contributed by atoms with Crippen molar-refractivity contribution in [3.63, 3.8) is 0 Å². The molecule has 1 heterocycles. The minimum atomic E-state index is -0.770. The predicted molar refractivity (Wildman–Crippen MR) is 132 cm³/mol. The third-order valence-corrected chi connectivity index (χ3v) is 6.72. The molecule has 4 rings (SSSR count). The summed E-state index contributed by atoms with van der Waals surface area (Å²) in [7, 11) is 0. The van der Waals surface area contributed by atoms with Crippen LogP contribution in [0.1, 0.15) is 62.4 Å². The first-order valence-electron chi connectivity index (χ1n) is 11.8. The van der Waals surface area contributed by atoms with Gasteiger partial charge in [0.05, 0.1) is 5.56 Å². The molecule has 2 aromatic rings. The molecule has 0 atom stereocenters. The number of ether oxygens (including phenoxy) is 1. The van der Waals surface area contributed by atoms with Crippen LogP contribution in [-0.4, -0.2) is 33.4 Å². The molecule has 1 saturated heterocycles. The molecule has 0 saturated carbocycles. The van der Waals surface area contributed by atoms with Gasteiger partial charge in [-0.3, -0.25) is 0 Å². The Morgan fingerprint density at radius 3 is 2.11 bits per heavy atom. The Labute approximate surface area is 205 Å². The zero-order valence-corrected chi connectivity index (χ0v) is 20.5. The van der Waals surface area contributed by atoms with Gasteiger partial charge in [-0.2, -0.15) is 5.06 Å². The number of piperidine rings is 1. The van der Waals surface area contributed by atoms with Crippen molar-refractivity contribution in [1.82, 2.24) is 5.06 Å². The molecule has 4 nitrogen and oxygen atoms in total. The highest BCUT2D eigenvalue weighted by molar-refractivity contribution is 5.90. The Morgan fingerprint density at radius 2 is 1.54 bits per heavy atom. The Balaban J connectivity index is 1.51. The Morgan fingerprint density at radius 1 is 0.914 bits per heavy atom. The van der Waals surface area contributed by atoms with E-state index in [1.54, 1.807) is 6.07 Å². The van der Waals surface area contributed by atoms with Gasteiger partial charge in [0.1, 0.15) is 17.7 Å². The SMILES string of the molecule is CC1(C)CC(OC(=O)c2ccc(-c3ccc(C4C=CC=CC=C4)cc3F)cc2F)CC(C)(C)N1O. The van der Waals surface area contributed by atoms with Crippen molar-refractivity contribution in [3.8, 4) is 11.1 Å². The lowest BCUT2D eigenvalue weighted by Crippen LogP contribution is -2.60. The van der Waals surface area contributed by atoms with Gasteiger partial charge in [0, 0.05) is 35.4 Å². The topological polar surface area (TPSA) is 49.8 Å². The van der Waals surface area contributed by atoms with Gasteiger partial charge in [-0.15, -0.1) is 0 Å². The Kier molecular flexibility index (Phi) is 6.80. The fourth-order valence-electron chi connectivity index (χ4n) is 5.08. The van der Waals surface area contributed by atoms with Crippen molar-refractivity contribution in [1.29, 1.82) is 0 Å². The number of carbonyl (C=O) groups is 1. The van der Waals surface area contributed by atoms with Gasteiger partial charge in [-0.1, -0.05) is 54.7 Å². The van der Waals surface area contributed by atoms with E-state index in [9.17, 15) is 18.8 Å². The van der Waals surface area contributed by atoms with Crippen LogP contribution in [0, 0.1) is 11.6 Å². The molecule has 1 aliphatic heterocycles. The molecule has 184 valence electrons. The second kappa shape index (κ2) is 9.51. The molecule has 2 aliphatic rings. The molecule has 0 amide bonds. The van der Waals surface area contributed by atoms with Crippen molar-refractivity contribution in [2.45, 2.75) is 63.6 Å². The molecular weight excluding hydrogens is 448 g/mol. The minimum absolute atomic E-state index is 0.0462. The molecular formula is C29H31F2NO3. The molecule has 0 aromatic heterocycles. The molecule has 2 aromatic carbocycles. The minimum Gasteiger partial charge on any atom is -0.459 e. The van der Waals surface area contributed by atoms with Gasteiger partial charge >= 0.3 is 5.97 Å². The van der Waals surface area contributed by atoms with Crippen molar-refractivity contribution in [2.75, 3.05) is 0 Å². The number of rotatable bonds is 4. The zero-order chi connectivity index (χ0) is 25.4. The van der Waals surface area contributed by atoms with Gasteiger partial charge in [-0.05, 0) is 57.0 Å². The molecule has 0 spiro atoms. The quantitative estimate of drug-likeness (QED) is 0.482. The lowest BCUT2D eigenvalue weighted by atomic mass is 9.80. The van der Waals surface area contributed by atoms with E-state index < -0.39 is 34.8 Å². The summed E-state index contributed by atoms with van der Waals surface area (Å²) in [5.41, 5.74) is -0.00876. The van der Waals surface area contributed by atoms with E-state index in [1.807, 2.05) is 70.2 Å². The summed E-state index contributed by atoms with van der Waals surface area (Å²) in [6.45, 7) is 7.46. The standard InChI is InChI=1S/C29H31F2NO3/c1-28(2)17-22(18-29(3,4)32(28)34)35-27(33)24-14-12-21(16-26(24)31)23-13-11-20(15-25(23)30)19-9-7-5-6-8-10-19/h5-16,19,22,34H,17-18H2,1-4H3. The summed E-state index contributed by atoms with van der Waals surface area (Å²) in [6.07, 6.45) is 12.0. The lowest BCUT2D eigenvalue weighted by molar-refractivity contribution is -0.256. The molecule has 1 N–H and O–H groups in total. The Bertz CT molecular complexity index is 1180. The highest BCUT2D eigenvalue weighted by Gasteiger charge is 2.46. The van der Waals surface area contributed by atoms with Crippen LogP contribution in [0.4, 0.5) is 8.78 Å². The van der Waals surface area contributed by atoms with Crippen molar-refractivity contribution in [3.05, 3.63) is 95.6 Å². The summed E-state index contributed by atoms with van der Waals surface area (Å²) in [4.78, 5) is 12.8. The van der Waals surface area contributed by atoms with Gasteiger partial charge in [0.15, 0.2) is 0 Å². The average molecular weight is 480 g/mol. The molecule has 1 aliphatic carbocycles. The van der Waals surface area contributed by atoms with E-state index in [2.05, 4.69) is 0 Å². The Hall–Kier alpha value is -3.09. The molecule has 0 bridgehead atoms. The third kappa shape index (κ3) is 5.29. The van der Waals surface area contributed by atoms with Crippen molar-refractivity contribution in [2.24, 2.45) is 0 Å². The van der Waals surface area contributed by atoms with Gasteiger partial charge < -0.3 is 9.94 Å². The smallest absolute Gasteiger partial charge is 0.341 e. The molecule has 35 heavy (non-hydrogen) atoms. The fraction of sp³-hybridized carbons (Fsp3) is 0.345. The fourth-order valence-corrected chi connectivity index (χ4v) is 5.08. The average Bonchev–Trinajstić information content (AvgIpc) is 3.06. The van der Waals surface area contributed by atoms with Crippen molar-refractivity contribution >= 4 is 5.97 Å². The van der Waals surface area contributed by atoms with Crippen LogP contribution in [-0.2, 0) is 4.74 Å². The zero-order valence-electron chi connectivity index (χ0n) is 20.5. The van der Waals surface area contributed by atoms with E-state index in [0.29, 0.717) is 18.4 Å². The largest absolute Gasteiger partial charge is 0.459 e. The van der Waals surface area contributed by atoms with Crippen molar-refractivity contribution < 1.29 is 23.5 Å². The van der Waals surface area contributed by atoms with Gasteiger partial charge in [-0.25, -0.2) is 13.6 Å². The van der Waals surface area contributed by atoms with E-state index in [-0.39, 0.29) is 17.0 Å². The summed E-state index contributed by atoms with van der Waals surface area (Å²) in [5, 5.41) is 11.7. The molecule has 0 unspecified atom stereocenters.